The van der Waals surface area contributed by atoms with Crippen molar-refractivity contribution >= 4 is 25.4 Å². The first-order valence-electron chi connectivity index (χ1n) is 11.8. The zero-order valence-corrected chi connectivity index (χ0v) is 22.8. The van der Waals surface area contributed by atoms with Gasteiger partial charge in [-0.3, -0.25) is 0 Å². The summed E-state index contributed by atoms with van der Waals surface area (Å²) in [6.45, 7) is 17.6. The lowest BCUT2D eigenvalue weighted by Crippen LogP contribution is -2.41. The first-order chi connectivity index (χ1) is 16.2. The lowest BCUT2D eigenvalue weighted by atomic mass is 9.81. The third-order valence-corrected chi connectivity index (χ3v) is 5.52. The maximum atomic E-state index is 12.5. The lowest BCUT2D eigenvalue weighted by Gasteiger charge is -2.32. The molecule has 0 saturated carbocycles. The van der Waals surface area contributed by atoms with Crippen LogP contribution in [0.5, 0.6) is 11.5 Å². The Bertz CT molecular complexity index is 985. The van der Waals surface area contributed by atoms with Crippen molar-refractivity contribution in [1.29, 1.82) is 0 Å². The van der Waals surface area contributed by atoms with Gasteiger partial charge >= 0.3 is 25.4 Å². The highest BCUT2D eigenvalue weighted by Crippen LogP contribution is 2.39. The number of carbonyl (C=O) groups excluding carboxylic acids is 2. The summed E-state index contributed by atoms with van der Waals surface area (Å²) in [4.78, 5) is 37.0. The van der Waals surface area contributed by atoms with Crippen molar-refractivity contribution in [1.82, 2.24) is 0 Å². The van der Waals surface area contributed by atoms with Crippen LogP contribution in [0.25, 0.3) is 0 Å². The van der Waals surface area contributed by atoms with Crippen molar-refractivity contribution in [2.75, 3.05) is 0 Å². The third-order valence-electron chi connectivity index (χ3n) is 5.52. The van der Waals surface area contributed by atoms with Crippen molar-refractivity contribution < 1.29 is 47.7 Å². The zero-order valence-electron chi connectivity index (χ0n) is 22.8. The van der Waals surface area contributed by atoms with Gasteiger partial charge in [0, 0.05) is 0 Å². The van der Waals surface area contributed by atoms with E-state index in [9.17, 15) is 19.5 Å². The van der Waals surface area contributed by atoms with Crippen LogP contribution in [0.3, 0.4) is 0 Å². The summed E-state index contributed by atoms with van der Waals surface area (Å²) in [7, 11) is -0.560. The van der Waals surface area contributed by atoms with Crippen LogP contribution < -0.4 is 9.47 Å². The second-order valence-electron chi connectivity index (χ2n) is 11.6. The molecular weight excluding hydrogens is 471 g/mol. The quantitative estimate of drug-likeness (QED) is 0.293. The number of carboxylic acid groups (broad SMARTS) is 1. The van der Waals surface area contributed by atoms with E-state index in [1.165, 1.54) is 12.1 Å². The number of benzene rings is 1. The minimum atomic E-state index is -1.47. The molecular formula is C25H37BO10. The van der Waals surface area contributed by atoms with Crippen LogP contribution in [0.1, 0.15) is 85.2 Å². The van der Waals surface area contributed by atoms with E-state index in [1.807, 2.05) is 27.7 Å². The Balaban J connectivity index is 2.42. The monoisotopic (exact) mass is 508 g/mol. The van der Waals surface area contributed by atoms with Gasteiger partial charge in [-0.25, -0.2) is 14.4 Å². The van der Waals surface area contributed by atoms with Crippen molar-refractivity contribution in [2.24, 2.45) is 0 Å². The highest BCUT2D eigenvalue weighted by molar-refractivity contribution is 6.45. The highest BCUT2D eigenvalue weighted by Gasteiger charge is 2.50. The van der Waals surface area contributed by atoms with Crippen LogP contribution in [-0.2, 0) is 25.2 Å². The number of aryl methyl sites for hydroxylation is 1. The normalized spacial score (nSPS) is 16.9. The van der Waals surface area contributed by atoms with Crippen molar-refractivity contribution in [3.8, 4) is 11.5 Å². The van der Waals surface area contributed by atoms with Gasteiger partial charge in [-0.2, -0.15) is 0 Å². The summed E-state index contributed by atoms with van der Waals surface area (Å²) in [5.41, 5.74) is -2.97. The number of aromatic carboxylic acids is 1. The molecule has 10 nitrogen and oxygen atoms in total. The maximum Gasteiger partial charge on any atom is 0.514 e. The third kappa shape index (κ3) is 7.86. The molecule has 0 aromatic heterocycles. The van der Waals surface area contributed by atoms with Crippen molar-refractivity contribution in [2.45, 2.75) is 104 Å². The molecule has 1 N–H and O–H groups in total. The van der Waals surface area contributed by atoms with E-state index >= 15 is 0 Å². The first kappa shape index (κ1) is 29.4. The van der Waals surface area contributed by atoms with Crippen LogP contribution in [0.4, 0.5) is 9.59 Å². The molecule has 36 heavy (non-hydrogen) atoms. The Morgan fingerprint density at radius 2 is 1.33 bits per heavy atom. The molecule has 200 valence electrons. The van der Waals surface area contributed by atoms with E-state index in [1.54, 1.807) is 41.5 Å². The van der Waals surface area contributed by atoms with Gasteiger partial charge in [-0.05, 0) is 93.6 Å². The van der Waals surface area contributed by atoms with Crippen LogP contribution in [0.15, 0.2) is 12.1 Å². The van der Waals surface area contributed by atoms with E-state index in [0.29, 0.717) is 11.9 Å². The second-order valence-corrected chi connectivity index (χ2v) is 11.6. The average molecular weight is 508 g/mol. The Labute approximate surface area is 212 Å². The van der Waals surface area contributed by atoms with Gasteiger partial charge in [0.1, 0.15) is 16.8 Å². The Morgan fingerprint density at radius 3 is 1.78 bits per heavy atom. The van der Waals surface area contributed by atoms with Gasteiger partial charge < -0.3 is 33.4 Å². The molecule has 1 fully saturated rings. The fraction of sp³-hybridized carbons (Fsp3) is 0.640. The number of ether oxygens (including phenoxy) is 4. The minimum Gasteiger partial charge on any atom is -0.477 e. The minimum absolute atomic E-state index is 0.238. The molecule has 0 spiro atoms. The second kappa shape index (κ2) is 10.3. The molecule has 0 atom stereocenters. The maximum absolute atomic E-state index is 12.5. The predicted octanol–water partition coefficient (Wildman–Crippen LogP) is 5.65. The lowest BCUT2D eigenvalue weighted by molar-refractivity contribution is 0.00578. The average Bonchev–Trinajstić information content (AvgIpc) is 2.84. The Kier molecular flexibility index (Phi) is 8.42. The van der Waals surface area contributed by atoms with Gasteiger partial charge in [-0.1, -0.05) is 6.07 Å². The molecule has 0 aliphatic carbocycles. The first-order valence-corrected chi connectivity index (χ1v) is 11.8. The molecule has 1 heterocycles. The van der Waals surface area contributed by atoms with Crippen molar-refractivity contribution in [3.05, 3.63) is 23.3 Å². The molecule has 0 unspecified atom stereocenters. The summed E-state index contributed by atoms with van der Waals surface area (Å²) < 4.78 is 32.9. The molecule has 0 radical (unpaired) electrons. The number of hydrogen-bond acceptors (Lipinski definition) is 9. The molecule has 1 aliphatic rings. The van der Waals surface area contributed by atoms with E-state index in [2.05, 4.69) is 0 Å². The Morgan fingerprint density at radius 1 is 0.861 bits per heavy atom. The summed E-state index contributed by atoms with van der Waals surface area (Å²) in [6, 6.07) is 2.83. The van der Waals surface area contributed by atoms with Gasteiger partial charge in [0.25, 0.3) is 0 Å². The van der Waals surface area contributed by atoms with Crippen LogP contribution in [-0.4, -0.2) is 52.9 Å². The smallest absolute Gasteiger partial charge is 0.477 e. The number of rotatable bonds is 6. The zero-order chi connectivity index (χ0) is 27.7. The number of carboxylic acids is 1. The fourth-order valence-corrected chi connectivity index (χ4v) is 3.28. The molecule has 1 aliphatic heterocycles. The Hall–Kier alpha value is -2.79. The molecule has 0 amide bonds. The van der Waals surface area contributed by atoms with Crippen LogP contribution in [0, 0.1) is 0 Å². The van der Waals surface area contributed by atoms with E-state index in [4.69, 9.17) is 28.3 Å². The van der Waals surface area contributed by atoms with E-state index in [-0.39, 0.29) is 17.9 Å². The molecule has 11 heteroatoms. The van der Waals surface area contributed by atoms with Gasteiger partial charge in [0.15, 0.2) is 11.5 Å². The number of hydrogen-bond donors (Lipinski definition) is 1. The largest absolute Gasteiger partial charge is 0.514 e. The van der Waals surface area contributed by atoms with Crippen LogP contribution >= 0.6 is 0 Å². The van der Waals surface area contributed by atoms with Gasteiger partial charge in [0.05, 0.1) is 11.2 Å². The molecule has 0 bridgehead atoms. The summed E-state index contributed by atoms with van der Waals surface area (Å²) in [5.74, 6) is -2.10. The summed E-state index contributed by atoms with van der Waals surface area (Å²) in [5, 5.41) is 9.97. The highest BCUT2D eigenvalue weighted by atomic mass is 16.7. The molecule has 1 saturated heterocycles. The van der Waals surface area contributed by atoms with E-state index in [0.717, 1.165) is 0 Å². The number of carbonyl (C=O) groups is 3. The predicted molar refractivity (Wildman–Crippen MR) is 132 cm³/mol. The standard InChI is InChI=1S/C25H37BO10/c1-22(2,3)33-20(29)31-16-12-11-15(13-14-26-35-24(7,8)25(9,10)36-26)18(17(16)19(27)28)32-21(30)34-23(4,5)6/h11-12H,13-14H2,1-10H3,(H,27,28). The van der Waals surface area contributed by atoms with Crippen LogP contribution in [0.2, 0.25) is 6.32 Å². The summed E-state index contributed by atoms with van der Waals surface area (Å²) in [6.07, 6.45) is -1.61. The van der Waals surface area contributed by atoms with E-state index < -0.39 is 53.4 Å². The van der Waals surface area contributed by atoms with Gasteiger partial charge in [0.2, 0.25) is 0 Å². The van der Waals surface area contributed by atoms with Gasteiger partial charge in [-0.15, -0.1) is 0 Å². The molecule has 1 aromatic carbocycles. The fourth-order valence-electron chi connectivity index (χ4n) is 3.28. The summed E-state index contributed by atoms with van der Waals surface area (Å²) >= 11 is 0. The SMILES string of the molecule is CC(C)(C)OC(=O)Oc1ccc(CCB2OC(C)(C)C(C)(C)O2)c(OC(=O)OC(C)(C)C)c1C(=O)O. The van der Waals surface area contributed by atoms with Crippen molar-refractivity contribution in [3.63, 3.8) is 0 Å². The topological polar surface area (TPSA) is 127 Å². The molecule has 2 rings (SSSR count). The molecule has 1 aromatic rings.